The third-order valence-electron chi connectivity index (χ3n) is 3.54. The lowest BCUT2D eigenvalue weighted by atomic mass is 9.91. The summed E-state index contributed by atoms with van der Waals surface area (Å²) in [5.41, 5.74) is 6.01. The second-order valence-electron chi connectivity index (χ2n) is 5.93. The molecule has 0 radical (unpaired) electrons. The minimum absolute atomic E-state index is 0.00243. The largest absolute Gasteiger partial charge is 0.376 e. The monoisotopic (exact) mass is 264 g/mol. The normalized spacial score (nSPS) is 15.8. The number of allylic oxidation sites excluding steroid dienone is 1. The SMILES string of the molecule is CC1=CC(C)(C)Nc2cc(Nc3ccccc3)ccc21. The van der Waals surface area contributed by atoms with Gasteiger partial charge in [0, 0.05) is 22.6 Å². The zero-order valence-corrected chi connectivity index (χ0v) is 12.2. The standard InChI is InChI=1S/C18H20N2/c1-13-12-18(2,3)20-17-11-15(9-10-16(13)17)19-14-7-5-4-6-8-14/h4-12,19-20H,1-3H3. The van der Waals surface area contributed by atoms with Gasteiger partial charge in [-0.25, -0.2) is 0 Å². The first-order valence-corrected chi connectivity index (χ1v) is 6.98. The lowest BCUT2D eigenvalue weighted by molar-refractivity contribution is 0.707. The van der Waals surface area contributed by atoms with Crippen LogP contribution in [0.1, 0.15) is 26.3 Å². The van der Waals surface area contributed by atoms with Crippen LogP contribution in [0, 0.1) is 0 Å². The molecule has 0 fully saturated rings. The second kappa shape index (κ2) is 4.71. The molecular formula is C18H20N2. The van der Waals surface area contributed by atoms with Crippen LogP contribution in [0.25, 0.3) is 5.57 Å². The van der Waals surface area contributed by atoms with Crippen molar-refractivity contribution in [3.8, 4) is 0 Å². The van der Waals surface area contributed by atoms with Crippen LogP contribution in [0.3, 0.4) is 0 Å². The maximum atomic E-state index is 3.58. The number of fused-ring (bicyclic) bond motifs is 1. The molecule has 0 aliphatic carbocycles. The van der Waals surface area contributed by atoms with Gasteiger partial charge in [-0.3, -0.25) is 0 Å². The molecule has 0 bridgehead atoms. The van der Waals surface area contributed by atoms with Gasteiger partial charge in [-0.1, -0.05) is 30.3 Å². The highest BCUT2D eigenvalue weighted by Gasteiger charge is 2.22. The lowest BCUT2D eigenvalue weighted by Gasteiger charge is -2.31. The van der Waals surface area contributed by atoms with Crippen LogP contribution in [-0.2, 0) is 0 Å². The molecule has 0 saturated heterocycles. The Morgan fingerprint density at radius 3 is 2.45 bits per heavy atom. The van der Waals surface area contributed by atoms with E-state index in [1.807, 2.05) is 18.2 Å². The number of anilines is 3. The van der Waals surface area contributed by atoms with Crippen molar-refractivity contribution in [2.75, 3.05) is 10.6 Å². The van der Waals surface area contributed by atoms with Gasteiger partial charge in [0.25, 0.3) is 0 Å². The molecular weight excluding hydrogens is 244 g/mol. The summed E-state index contributed by atoms with van der Waals surface area (Å²) in [6, 6.07) is 16.7. The maximum Gasteiger partial charge on any atom is 0.0505 e. The van der Waals surface area contributed by atoms with Crippen LogP contribution in [0.15, 0.2) is 54.6 Å². The lowest BCUT2D eigenvalue weighted by Crippen LogP contribution is -2.31. The molecule has 1 aliphatic rings. The van der Waals surface area contributed by atoms with E-state index in [4.69, 9.17) is 0 Å². The molecule has 2 heteroatoms. The predicted molar refractivity (Wildman–Crippen MR) is 87.5 cm³/mol. The van der Waals surface area contributed by atoms with E-state index in [9.17, 15) is 0 Å². The summed E-state index contributed by atoms with van der Waals surface area (Å²) in [6.07, 6.45) is 2.28. The van der Waals surface area contributed by atoms with Gasteiger partial charge in [0.1, 0.15) is 0 Å². The number of rotatable bonds is 2. The van der Waals surface area contributed by atoms with Crippen molar-refractivity contribution in [2.24, 2.45) is 0 Å². The van der Waals surface area contributed by atoms with Crippen LogP contribution in [0.5, 0.6) is 0 Å². The fourth-order valence-electron chi connectivity index (χ4n) is 2.76. The smallest absolute Gasteiger partial charge is 0.0505 e. The third-order valence-corrected chi connectivity index (χ3v) is 3.54. The molecule has 3 rings (SSSR count). The first kappa shape index (κ1) is 12.8. The van der Waals surface area contributed by atoms with Gasteiger partial charge in [-0.2, -0.15) is 0 Å². The number of nitrogens with one attached hydrogen (secondary N) is 2. The fourth-order valence-corrected chi connectivity index (χ4v) is 2.76. The Bertz CT molecular complexity index is 654. The van der Waals surface area contributed by atoms with E-state index in [0.29, 0.717) is 0 Å². The molecule has 0 saturated carbocycles. The van der Waals surface area contributed by atoms with Crippen molar-refractivity contribution in [1.82, 2.24) is 0 Å². The van der Waals surface area contributed by atoms with Crippen molar-refractivity contribution in [2.45, 2.75) is 26.3 Å². The van der Waals surface area contributed by atoms with Gasteiger partial charge in [-0.05, 0) is 50.6 Å². The first-order chi connectivity index (χ1) is 9.53. The first-order valence-electron chi connectivity index (χ1n) is 6.98. The van der Waals surface area contributed by atoms with E-state index < -0.39 is 0 Å². The van der Waals surface area contributed by atoms with Crippen LogP contribution in [0.2, 0.25) is 0 Å². The highest BCUT2D eigenvalue weighted by molar-refractivity contribution is 5.82. The maximum absolute atomic E-state index is 3.58. The number of para-hydroxylation sites is 1. The number of benzene rings is 2. The molecule has 2 aromatic carbocycles. The van der Waals surface area contributed by atoms with Crippen LogP contribution in [0.4, 0.5) is 17.1 Å². The topological polar surface area (TPSA) is 24.1 Å². The Balaban J connectivity index is 1.93. The number of hydrogen-bond acceptors (Lipinski definition) is 2. The van der Waals surface area contributed by atoms with E-state index >= 15 is 0 Å². The molecule has 20 heavy (non-hydrogen) atoms. The molecule has 0 spiro atoms. The Hall–Kier alpha value is -2.22. The Morgan fingerprint density at radius 2 is 1.70 bits per heavy atom. The summed E-state index contributed by atoms with van der Waals surface area (Å²) in [5, 5.41) is 7.01. The van der Waals surface area contributed by atoms with E-state index in [1.165, 1.54) is 16.8 Å². The van der Waals surface area contributed by atoms with E-state index in [-0.39, 0.29) is 5.54 Å². The zero-order valence-electron chi connectivity index (χ0n) is 12.2. The third kappa shape index (κ3) is 2.55. The van der Waals surface area contributed by atoms with Crippen molar-refractivity contribution in [3.63, 3.8) is 0 Å². The average Bonchev–Trinajstić information content (AvgIpc) is 2.38. The molecule has 2 nitrogen and oxygen atoms in total. The summed E-state index contributed by atoms with van der Waals surface area (Å²) in [6.45, 7) is 6.55. The summed E-state index contributed by atoms with van der Waals surface area (Å²) >= 11 is 0. The van der Waals surface area contributed by atoms with Crippen LogP contribution < -0.4 is 10.6 Å². The minimum Gasteiger partial charge on any atom is -0.376 e. The number of hydrogen-bond donors (Lipinski definition) is 2. The van der Waals surface area contributed by atoms with Crippen molar-refractivity contribution < 1.29 is 0 Å². The Labute approximate surface area is 120 Å². The Kier molecular flexibility index (Phi) is 3.01. The molecule has 0 atom stereocenters. The highest BCUT2D eigenvalue weighted by atomic mass is 15.0. The highest BCUT2D eigenvalue weighted by Crippen LogP contribution is 2.35. The molecule has 1 aliphatic heterocycles. The fraction of sp³-hybridized carbons (Fsp3) is 0.222. The quantitative estimate of drug-likeness (QED) is 0.794. The average molecular weight is 264 g/mol. The van der Waals surface area contributed by atoms with E-state index in [1.54, 1.807) is 0 Å². The van der Waals surface area contributed by atoms with Crippen LogP contribution in [-0.4, -0.2) is 5.54 Å². The molecule has 1 heterocycles. The molecule has 2 aromatic rings. The summed E-state index contributed by atoms with van der Waals surface area (Å²) in [7, 11) is 0. The van der Waals surface area contributed by atoms with Crippen LogP contribution >= 0.6 is 0 Å². The predicted octanol–water partition coefficient (Wildman–Crippen LogP) is 5.04. The molecule has 0 amide bonds. The second-order valence-corrected chi connectivity index (χ2v) is 5.93. The summed E-state index contributed by atoms with van der Waals surface area (Å²) < 4.78 is 0. The van der Waals surface area contributed by atoms with Gasteiger partial charge < -0.3 is 10.6 Å². The molecule has 0 unspecified atom stereocenters. The summed E-state index contributed by atoms with van der Waals surface area (Å²) in [4.78, 5) is 0. The van der Waals surface area contributed by atoms with Gasteiger partial charge in [-0.15, -0.1) is 0 Å². The zero-order chi connectivity index (χ0) is 14.2. The van der Waals surface area contributed by atoms with Gasteiger partial charge in [0.2, 0.25) is 0 Å². The van der Waals surface area contributed by atoms with Crippen molar-refractivity contribution in [1.29, 1.82) is 0 Å². The Morgan fingerprint density at radius 1 is 0.950 bits per heavy atom. The van der Waals surface area contributed by atoms with E-state index in [2.05, 4.69) is 67.8 Å². The summed E-state index contributed by atoms with van der Waals surface area (Å²) in [5.74, 6) is 0. The molecule has 2 N–H and O–H groups in total. The van der Waals surface area contributed by atoms with Crippen molar-refractivity contribution in [3.05, 3.63) is 60.2 Å². The minimum atomic E-state index is 0.00243. The molecule has 0 aromatic heterocycles. The van der Waals surface area contributed by atoms with Gasteiger partial charge in [0.05, 0.1) is 5.54 Å². The van der Waals surface area contributed by atoms with Crippen molar-refractivity contribution >= 4 is 22.6 Å². The van der Waals surface area contributed by atoms with Gasteiger partial charge >= 0.3 is 0 Å². The molecule has 102 valence electrons. The van der Waals surface area contributed by atoms with Gasteiger partial charge in [0.15, 0.2) is 0 Å². The van der Waals surface area contributed by atoms with E-state index in [0.717, 1.165) is 11.4 Å².